The molecule has 1 aliphatic rings. The van der Waals surface area contributed by atoms with E-state index in [1.54, 1.807) is 23.9 Å². The molecule has 1 aliphatic heterocycles. The molecule has 0 saturated carbocycles. The van der Waals surface area contributed by atoms with Gasteiger partial charge in [-0.1, -0.05) is 30.0 Å². The first kappa shape index (κ1) is 14.6. The fourth-order valence-corrected chi connectivity index (χ4v) is 3.72. The van der Waals surface area contributed by atoms with E-state index in [9.17, 15) is 4.79 Å². The Kier molecular flexibility index (Phi) is 3.74. The lowest BCUT2D eigenvalue weighted by Crippen LogP contribution is -2.11. The number of benzene rings is 1. The monoisotopic (exact) mass is 389 g/mol. The summed E-state index contributed by atoms with van der Waals surface area (Å²) in [5.41, 5.74) is 2.48. The number of hydrogen-bond acceptors (Lipinski definition) is 4. The number of nitrogens with zero attached hydrogens (tertiary/aromatic N) is 2. The molecule has 116 valence electrons. The SMILES string of the molecule is O=C(Nc1ccccc1-c1cn2c(n1)SCC2)c1ccc(Br)o1. The molecule has 0 spiro atoms. The van der Waals surface area contributed by atoms with Crippen molar-refractivity contribution in [1.82, 2.24) is 9.55 Å². The van der Waals surface area contributed by atoms with Crippen molar-refractivity contribution in [3.63, 3.8) is 0 Å². The maximum Gasteiger partial charge on any atom is 0.291 e. The van der Waals surface area contributed by atoms with Crippen molar-refractivity contribution in [1.29, 1.82) is 0 Å². The summed E-state index contributed by atoms with van der Waals surface area (Å²) in [6.45, 7) is 0.974. The fourth-order valence-electron chi connectivity index (χ4n) is 2.48. The van der Waals surface area contributed by atoms with Crippen molar-refractivity contribution in [2.24, 2.45) is 0 Å². The highest BCUT2D eigenvalue weighted by atomic mass is 79.9. The molecule has 3 heterocycles. The number of carbonyl (C=O) groups is 1. The van der Waals surface area contributed by atoms with Crippen LogP contribution in [0.2, 0.25) is 0 Å². The zero-order valence-corrected chi connectivity index (χ0v) is 14.4. The number of hydrogen-bond donors (Lipinski definition) is 1. The van der Waals surface area contributed by atoms with Gasteiger partial charge in [0.15, 0.2) is 15.6 Å². The minimum Gasteiger partial charge on any atom is -0.444 e. The van der Waals surface area contributed by atoms with Crippen LogP contribution in [-0.2, 0) is 6.54 Å². The zero-order valence-electron chi connectivity index (χ0n) is 12.0. The fraction of sp³-hybridized carbons (Fsp3) is 0.125. The molecule has 0 saturated heterocycles. The summed E-state index contributed by atoms with van der Waals surface area (Å²) in [6, 6.07) is 11.0. The van der Waals surface area contributed by atoms with Gasteiger partial charge >= 0.3 is 0 Å². The van der Waals surface area contributed by atoms with Gasteiger partial charge in [-0.2, -0.15) is 0 Å². The van der Waals surface area contributed by atoms with Crippen LogP contribution in [0.4, 0.5) is 5.69 Å². The van der Waals surface area contributed by atoms with Crippen molar-refractivity contribution >= 4 is 39.3 Å². The van der Waals surface area contributed by atoms with E-state index in [0.29, 0.717) is 10.4 Å². The van der Waals surface area contributed by atoms with Crippen LogP contribution in [0.15, 0.2) is 56.8 Å². The summed E-state index contributed by atoms with van der Waals surface area (Å²) >= 11 is 4.95. The van der Waals surface area contributed by atoms with Crippen LogP contribution in [0.5, 0.6) is 0 Å². The summed E-state index contributed by atoms with van der Waals surface area (Å²) in [5.74, 6) is 1.04. The van der Waals surface area contributed by atoms with Crippen molar-refractivity contribution in [2.45, 2.75) is 11.7 Å². The molecular formula is C16H12BrN3O2S. The van der Waals surface area contributed by atoms with Crippen LogP contribution in [0, 0.1) is 0 Å². The zero-order chi connectivity index (χ0) is 15.8. The van der Waals surface area contributed by atoms with Crippen LogP contribution in [0.25, 0.3) is 11.3 Å². The number of carbonyl (C=O) groups excluding carboxylic acids is 1. The van der Waals surface area contributed by atoms with Gasteiger partial charge in [0.2, 0.25) is 0 Å². The number of furan rings is 1. The number of anilines is 1. The third-order valence-electron chi connectivity index (χ3n) is 3.55. The highest BCUT2D eigenvalue weighted by molar-refractivity contribution is 9.10. The highest BCUT2D eigenvalue weighted by Crippen LogP contribution is 2.32. The van der Waals surface area contributed by atoms with Gasteiger partial charge in [-0.05, 0) is 34.1 Å². The molecule has 0 atom stereocenters. The van der Waals surface area contributed by atoms with Crippen LogP contribution in [-0.4, -0.2) is 21.2 Å². The first-order chi connectivity index (χ1) is 11.2. The highest BCUT2D eigenvalue weighted by Gasteiger charge is 2.18. The van der Waals surface area contributed by atoms with Crippen molar-refractivity contribution in [2.75, 3.05) is 11.1 Å². The quantitative estimate of drug-likeness (QED) is 0.726. The molecular weight excluding hydrogens is 378 g/mol. The second kappa shape index (κ2) is 5.90. The molecule has 2 aromatic heterocycles. The average Bonchev–Trinajstić information content (AvgIpc) is 3.23. The number of nitrogens with one attached hydrogen (secondary N) is 1. The van der Waals surface area contributed by atoms with Gasteiger partial charge < -0.3 is 14.3 Å². The Morgan fingerprint density at radius 2 is 2.17 bits per heavy atom. The summed E-state index contributed by atoms with van der Waals surface area (Å²) < 4.78 is 7.96. The standard InChI is InChI=1S/C16H12BrN3O2S/c17-14-6-5-13(22-14)15(21)18-11-4-2-1-3-10(11)12-9-20-7-8-23-16(20)19-12/h1-6,9H,7-8H2,(H,18,21). The van der Waals surface area contributed by atoms with E-state index < -0.39 is 0 Å². The molecule has 23 heavy (non-hydrogen) atoms. The predicted octanol–water partition coefficient (Wildman–Crippen LogP) is 4.26. The summed E-state index contributed by atoms with van der Waals surface area (Å²) in [7, 11) is 0. The number of aryl methyl sites for hydroxylation is 1. The molecule has 1 amide bonds. The molecule has 0 bridgehead atoms. The summed E-state index contributed by atoms with van der Waals surface area (Å²) in [5, 5.41) is 3.92. The first-order valence-electron chi connectivity index (χ1n) is 7.07. The van der Waals surface area contributed by atoms with Gasteiger partial charge in [-0.25, -0.2) is 4.98 Å². The lowest BCUT2D eigenvalue weighted by molar-refractivity contribution is 0.0995. The molecule has 1 aromatic carbocycles. The molecule has 4 rings (SSSR count). The Balaban J connectivity index is 1.65. The molecule has 7 heteroatoms. The Morgan fingerprint density at radius 1 is 1.30 bits per heavy atom. The van der Waals surface area contributed by atoms with Crippen LogP contribution >= 0.6 is 27.7 Å². The molecule has 1 N–H and O–H groups in total. The molecule has 5 nitrogen and oxygen atoms in total. The Labute approximate surface area is 145 Å². The van der Waals surface area contributed by atoms with Crippen LogP contribution in [0.3, 0.4) is 0 Å². The molecule has 3 aromatic rings. The number of halogens is 1. The first-order valence-corrected chi connectivity index (χ1v) is 8.84. The van der Waals surface area contributed by atoms with Gasteiger partial charge in [-0.15, -0.1) is 0 Å². The average molecular weight is 390 g/mol. The minimum absolute atomic E-state index is 0.259. The van der Waals surface area contributed by atoms with E-state index in [1.165, 1.54) is 0 Å². The number of aromatic nitrogens is 2. The lowest BCUT2D eigenvalue weighted by Gasteiger charge is -2.08. The Bertz CT molecular complexity index is 866. The van der Waals surface area contributed by atoms with Crippen LogP contribution in [0.1, 0.15) is 10.6 Å². The second-order valence-corrected chi connectivity index (χ2v) is 6.90. The maximum absolute atomic E-state index is 12.3. The maximum atomic E-state index is 12.3. The largest absolute Gasteiger partial charge is 0.444 e. The lowest BCUT2D eigenvalue weighted by atomic mass is 10.1. The molecule has 0 fully saturated rings. The van der Waals surface area contributed by atoms with E-state index in [1.807, 2.05) is 30.5 Å². The molecule has 0 aliphatic carbocycles. The van der Waals surface area contributed by atoms with Gasteiger partial charge in [0.05, 0.1) is 11.4 Å². The van der Waals surface area contributed by atoms with Gasteiger partial charge in [0.25, 0.3) is 5.91 Å². The van der Waals surface area contributed by atoms with Gasteiger partial charge in [0.1, 0.15) is 0 Å². The second-order valence-electron chi connectivity index (χ2n) is 5.05. The normalized spacial score (nSPS) is 13.1. The summed E-state index contributed by atoms with van der Waals surface area (Å²) in [6.07, 6.45) is 2.03. The number of imidazole rings is 1. The van der Waals surface area contributed by atoms with Gasteiger partial charge in [-0.3, -0.25) is 4.79 Å². The van der Waals surface area contributed by atoms with E-state index >= 15 is 0 Å². The number of thioether (sulfide) groups is 1. The smallest absolute Gasteiger partial charge is 0.291 e. The van der Waals surface area contributed by atoms with E-state index in [2.05, 4.69) is 30.8 Å². The molecule has 0 unspecified atom stereocenters. The van der Waals surface area contributed by atoms with E-state index in [4.69, 9.17) is 4.42 Å². The van der Waals surface area contributed by atoms with Gasteiger partial charge in [0, 0.05) is 24.1 Å². The van der Waals surface area contributed by atoms with E-state index in [0.717, 1.165) is 28.7 Å². The third kappa shape index (κ3) is 2.82. The predicted molar refractivity (Wildman–Crippen MR) is 92.7 cm³/mol. The minimum atomic E-state index is -0.288. The number of para-hydroxylation sites is 1. The Morgan fingerprint density at radius 3 is 2.96 bits per heavy atom. The topological polar surface area (TPSA) is 60.1 Å². The van der Waals surface area contributed by atoms with Crippen molar-refractivity contribution in [3.8, 4) is 11.3 Å². The number of amides is 1. The van der Waals surface area contributed by atoms with Crippen LogP contribution < -0.4 is 5.32 Å². The third-order valence-corrected chi connectivity index (χ3v) is 4.95. The molecule has 0 radical (unpaired) electrons. The van der Waals surface area contributed by atoms with E-state index in [-0.39, 0.29) is 11.7 Å². The van der Waals surface area contributed by atoms with Crippen molar-refractivity contribution in [3.05, 3.63) is 53.0 Å². The summed E-state index contributed by atoms with van der Waals surface area (Å²) in [4.78, 5) is 16.9. The number of rotatable bonds is 3. The number of fused-ring (bicyclic) bond motifs is 1. The van der Waals surface area contributed by atoms with Crippen molar-refractivity contribution < 1.29 is 9.21 Å². The Hall–Kier alpha value is -1.99.